The Kier molecular flexibility index (Phi) is 4.85. The Morgan fingerprint density at radius 2 is 2.13 bits per heavy atom. The Bertz CT molecular complexity index is 789. The molecule has 3 aromatic rings. The zero-order valence-corrected chi connectivity index (χ0v) is 13.4. The number of rotatable bonds is 6. The van der Waals surface area contributed by atoms with Crippen LogP contribution in [-0.4, -0.2) is 33.2 Å². The van der Waals surface area contributed by atoms with Crippen LogP contribution in [0.25, 0.3) is 11.4 Å². The Labute approximate surface area is 139 Å². The fourth-order valence-electron chi connectivity index (χ4n) is 2.24. The molecule has 0 atom stereocenters. The summed E-state index contributed by atoms with van der Waals surface area (Å²) in [4.78, 5) is 12.5. The normalized spacial score (nSPS) is 10.7. The number of aromatic nitrogens is 4. The van der Waals surface area contributed by atoms with Crippen molar-refractivity contribution in [3.05, 3.63) is 54.2 Å². The number of anilines is 2. The van der Waals surface area contributed by atoms with Gasteiger partial charge in [-0.25, -0.2) is 15.0 Å². The lowest BCUT2D eigenvalue weighted by Crippen LogP contribution is -2.06. The van der Waals surface area contributed by atoms with Gasteiger partial charge in [-0.05, 0) is 12.1 Å². The minimum atomic E-state index is 0.463. The molecule has 0 saturated carbocycles. The number of methoxy groups -OCH3 is 1. The largest absolute Gasteiger partial charge is 0.383 e. The van der Waals surface area contributed by atoms with Gasteiger partial charge in [0.05, 0.1) is 18.5 Å². The van der Waals surface area contributed by atoms with Gasteiger partial charge in [0.15, 0.2) is 5.82 Å². The smallest absolute Gasteiger partial charge is 0.152 e. The lowest BCUT2D eigenvalue weighted by atomic mass is 10.1. The first-order valence-electron chi connectivity index (χ1n) is 7.11. The summed E-state index contributed by atoms with van der Waals surface area (Å²) in [5, 5.41) is 3.71. The van der Waals surface area contributed by atoms with Crippen molar-refractivity contribution in [2.24, 2.45) is 0 Å². The second-order valence-corrected chi connectivity index (χ2v) is 5.23. The van der Waals surface area contributed by atoms with Crippen molar-refractivity contribution in [1.82, 2.24) is 19.5 Å². The molecule has 0 fully saturated rings. The SMILES string of the molecule is COCCn1ccnc1-c1ccccc1Nc1ncncc1Cl. The first kappa shape index (κ1) is 15.5. The fraction of sp³-hybridized carbons (Fsp3) is 0.188. The van der Waals surface area contributed by atoms with Crippen LogP contribution in [0.5, 0.6) is 0 Å². The van der Waals surface area contributed by atoms with E-state index >= 15 is 0 Å². The van der Waals surface area contributed by atoms with E-state index in [0.29, 0.717) is 17.4 Å². The highest BCUT2D eigenvalue weighted by Crippen LogP contribution is 2.30. The zero-order chi connectivity index (χ0) is 16.1. The standard InChI is InChI=1S/C16H16ClN5O/c1-23-9-8-22-7-6-19-16(22)12-4-2-3-5-14(12)21-15-13(17)10-18-11-20-15/h2-7,10-11H,8-9H2,1H3,(H,18,20,21). The van der Waals surface area contributed by atoms with Crippen molar-refractivity contribution < 1.29 is 4.74 Å². The van der Waals surface area contributed by atoms with Crippen LogP contribution < -0.4 is 5.32 Å². The summed E-state index contributed by atoms with van der Waals surface area (Å²) in [6.45, 7) is 1.35. The number of halogens is 1. The lowest BCUT2D eigenvalue weighted by molar-refractivity contribution is 0.187. The maximum absolute atomic E-state index is 6.13. The number of hydrogen-bond donors (Lipinski definition) is 1. The number of para-hydroxylation sites is 1. The number of imidazole rings is 1. The van der Waals surface area contributed by atoms with Gasteiger partial charge >= 0.3 is 0 Å². The number of nitrogens with zero attached hydrogens (tertiary/aromatic N) is 4. The topological polar surface area (TPSA) is 64.9 Å². The molecule has 6 nitrogen and oxygen atoms in total. The number of nitrogens with one attached hydrogen (secondary N) is 1. The maximum atomic E-state index is 6.13. The van der Waals surface area contributed by atoms with Crippen LogP contribution in [0.3, 0.4) is 0 Å². The first-order valence-corrected chi connectivity index (χ1v) is 7.49. The molecule has 0 aliphatic carbocycles. The highest BCUT2D eigenvalue weighted by molar-refractivity contribution is 6.32. The van der Waals surface area contributed by atoms with Crippen molar-refractivity contribution in [1.29, 1.82) is 0 Å². The molecule has 1 N–H and O–H groups in total. The Balaban J connectivity index is 1.95. The molecule has 0 bridgehead atoms. The average molecular weight is 330 g/mol. The molecule has 118 valence electrons. The van der Waals surface area contributed by atoms with Crippen LogP contribution in [0.15, 0.2) is 49.2 Å². The Morgan fingerprint density at radius 1 is 1.26 bits per heavy atom. The Morgan fingerprint density at radius 3 is 2.96 bits per heavy atom. The Hall–Kier alpha value is -2.44. The summed E-state index contributed by atoms with van der Waals surface area (Å²) in [6, 6.07) is 7.88. The summed E-state index contributed by atoms with van der Waals surface area (Å²) in [7, 11) is 1.68. The van der Waals surface area contributed by atoms with Gasteiger partial charge < -0.3 is 14.6 Å². The minimum absolute atomic E-state index is 0.463. The third kappa shape index (κ3) is 3.49. The molecule has 0 saturated heterocycles. The van der Waals surface area contributed by atoms with Gasteiger partial charge in [-0.2, -0.15) is 0 Å². The molecule has 0 aliphatic heterocycles. The van der Waals surface area contributed by atoms with Crippen molar-refractivity contribution >= 4 is 23.1 Å². The van der Waals surface area contributed by atoms with Gasteiger partial charge in [-0.15, -0.1) is 0 Å². The predicted molar refractivity (Wildman–Crippen MR) is 89.9 cm³/mol. The van der Waals surface area contributed by atoms with Gasteiger partial charge in [0, 0.05) is 31.6 Å². The van der Waals surface area contributed by atoms with E-state index in [1.165, 1.54) is 6.33 Å². The molecule has 2 aromatic heterocycles. The van der Waals surface area contributed by atoms with Crippen LogP contribution in [0.4, 0.5) is 11.5 Å². The molecule has 0 spiro atoms. The number of hydrogen-bond acceptors (Lipinski definition) is 5. The summed E-state index contributed by atoms with van der Waals surface area (Å²) < 4.78 is 7.20. The van der Waals surface area contributed by atoms with E-state index in [9.17, 15) is 0 Å². The van der Waals surface area contributed by atoms with E-state index in [-0.39, 0.29) is 0 Å². The van der Waals surface area contributed by atoms with E-state index in [1.807, 2.05) is 35.0 Å². The fourth-order valence-corrected chi connectivity index (χ4v) is 2.40. The van der Waals surface area contributed by atoms with Crippen molar-refractivity contribution in [2.45, 2.75) is 6.54 Å². The van der Waals surface area contributed by atoms with Crippen molar-refractivity contribution in [3.8, 4) is 11.4 Å². The van der Waals surface area contributed by atoms with Gasteiger partial charge in [0.2, 0.25) is 0 Å². The monoisotopic (exact) mass is 329 g/mol. The summed E-state index contributed by atoms with van der Waals surface area (Å²) in [6.07, 6.45) is 6.72. The second-order valence-electron chi connectivity index (χ2n) is 4.83. The van der Waals surface area contributed by atoms with Crippen molar-refractivity contribution in [3.63, 3.8) is 0 Å². The van der Waals surface area contributed by atoms with E-state index < -0.39 is 0 Å². The highest BCUT2D eigenvalue weighted by Gasteiger charge is 2.12. The second kappa shape index (κ2) is 7.21. The highest BCUT2D eigenvalue weighted by atomic mass is 35.5. The molecule has 0 amide bonds. The predicted octanol–water partition coefficient (Wildman–Crippen LogP) is 3.38. The summed E-state index contributed by atoms with van der Waals surface area (Å²) >= 11 is 6.13. The quantitative estimate of drug-likeness (QED) is 0.751. The molecule has 0 unspecified atom stereocenters. The van der Waals surface area contributed by atoms with E-state index in [0.717, 1.165) is 23.6 Å². The van der Waals surface area contributed by atoms with Gasteiger partial charge in [-0.1, -0.05) is 23.7 Å². The average Bonchev–Trinajstić information content (AvgIpc) is 3.04. The number of benzene rings is 1. The van der Waals surface area contributed by atoms with Crippen LogP contribution in [0, 0.1) is 0 Å². The van der Waals surface area contributed by atoms with E-state index in [1.54, 1.807) is 19.5 Å². The van der Waals surface area contributed by atoms with E-state index in [2.05, 4.69) is 20.3 Å². The molecule has 2 heterocycles. The maximum Gasteiger partial charge on any atom is 0.152 e. The van der Waals surface area contributed by atoms with Crippen LogP contribution in [0.1, 0.15) is 0 Å². The third-order valence-corrected chi connectivity index (χ3v) is 3.62. The molecular formula is C16H16ClN5O. The minimum Gasteiger partial charge on any atom is -0.383 e. The van der Waals surface area contributed by atoms with Gasteiger partial charge in [0.25, 0.3) is 0 Å². The first-order chi connectivity index (χ1) is 11.3. The zero-order valence-electron chi connectivity index (χ0n) is 12.6. The summed E-state index contributed by atoms with van der Waals surface area (Å²) in [5.74, 6) is 1.42. The van der Waals surface area contributed by atoms with Crippen LogP contribution in [0.2, 0.25) is 5.02 Å². The summed E-state index contributed by atoms with van der Waals surface area (Å²) in [5.41, 5.74) is 1.83. The molecule has 1 aromatic carbocycles. The van der Waals surface area contributed by atoms with Crippen LogP contribution >= 0.6 is 11.6 Å². The van der Waals surface area contributed by atoms with Crippen LogP contribution in [-0.2, 0) is 11.3 Å². The van der Waals surface area contributed by atoms with Gasteiger partial charge in [0.1, 0.15) is 17.2 Å². The molecule has 23 heavy (non-hydrogen) atoms. The molecule has 0 radical (unpaired) electrons. The third-order valence-electron chi connectivity index (χ3n) is 3.34. The molecule has 0 aliphatic rings. The molecule has 3 rings (SSSR count). The van der Waals surface area contributed by atoms with E-state index in [4.69, 9.17) is 16.3 Å². The van der Waals surface area contributed by atoms with Gasteiger partial charge in [-0.3, -0.25) is 0 Å². The number of ether oxygens (including phenoxy) is 1. The molecular weight excluding hydrogens is 314 g/mol. The lowest BCUT2D eigenvalue weighted by Gasteiger charge is -2.13. The molecule has 7 heteroatoms. The van der Waals surface area contributed by atoms with Crippen molar-refractivity contribution in [2.75, 3.05) is 19.0 Å².